The molecule has 96 valence electrons. The molecule has 1 heteroatoms. The van der Waals surface area contributed by atoms with E-state index in [-0.39, 0.29) is 0 Å². The van der Waals surface area contributed by atoms with E-state index in [0.29, 0.717) is 6.33 Å². The van der Waals surface area contributed by atoms with Crippen LogP contribution in [-0.4, -0.2) is 0 Å². The van der Waals surface area contributed by atoms with E-state index in [1.54, 1.807) is 6.08 Å². The lowest BCUT2D eigenvalue weighted by Crippen LogP contribution is -1.81. The molecule has 0 radical (unpaired) electrons. The third-order valence-corrected chi connectivity index (χ3v) is 3.06. The minimum atomic E-state index is 0.663. The highest BCUT2D eigenvalue weighted by Gasteiger charge is 1.92. The first-order chi connectivity index (χ1) is 7.91. The Bertz CT molecular complexity index is 140. The smallest absolute Gasteiger partial charge is 0.0827 e. The summed E-state index contributed by atoms with van der Waals surface area (Å²) in [5.41, 5.74) is 0. The van der Waals surface area contributed by atoms with Crippen molar-refractivity contribution in [2.75, 3.05) is 0 Å². The lowest BCUT2D eigenvalue weighted by molar-refractivity contribution is 0.550. The molecule has 0 aromatic heterocycles. The summed E-state index contributed by atoms with van der Waals surface area (Å²) in [6, 6.07) is 0. The second kappa shape index (κ2) is 14.7. The second-order valence-corrected chi connectivity index (χ2v) is 4.69. The van der Waals surface area contributed by atoms with Crippen LogP contribution >= 0.6 is 0 Å². The van der Waals surface area contributed by atoms with E-state index in [1.807, 2.05) is 0 Å². The zero-order chi connectivity index (χ0) is 11.9. The first-order valence-electron chi connectivity index (χ1n) is 7.17. The predicted molar refractivity (Wildman–Crippen MR) is 71.3 cm³/mol. The van der Waals surface area contributed by atoms with Gasteiger partial charge in [-0.25, -0.2) is 4.39 Å². The quantitative estimate of drug-likeness (QED) is 0.350. The van der Waals surface area contributed by atoms with Gasteiger partial charge in [-0.1, -0.05) is 77.2 Å². The van der Waals surface area contributed by atoms with Crippen LogP contribution in [0.15, 0.2) is 12.4 Å². The Kier molecular flexibility index (Phi) is 14.4. The summed E-state index contributed by atoms with van der Waals surface area (Å²) in [4.78, 5) is 0. The SMILES string of the molecule is CCCCCCCCCCCCCC=CF. The third kappa shape index (κ3) is 13.7. The molecule has 0 saturated carbocycles. The van der Waals surface area contributed by atoms with Gasteiger partial charge in [-0.3, -0.25) is 0 Å². The van der Waals surface area contributed by atoms with Crippen LogP contribution < -0.4 is 0 Å². The van der Waals surface area contributed by atoms with E-state index < -0.39 is 0 Å². The fourth-order valence-electron chi connectivity index (χ4n) is 1.99. The first kappa shape index (κ1) is 15.7. The largest absolute Gasteiger partial charge is 0.216 e. The van der Waals surface area contributed by atoms with Gasteiger partial charge in [-0.2, -0.15) is 0 Å². The highest BCUT2D eigenvalue weighted by Crippen LogP contribution is 2.11. The molecular weight excluding hydrogens is 199 g/mol. The van der Waals surface area contributed by atoms with Gasteiger partial charge in [-0.05, 0) is 12.8 Å². The highest BCUT2D eigenvalue weighted by atomic mass is 19.1. The average molecular weight is 228 g/mol. The standard InChI is InChI=1S/C15H29F/c1-2-3-4-5-6-7-8-9-10-11-12-13-14-15-16/h14-15H,2-13H2,1H3. The van der Waals surface area contributed by atoms with E-state index in [1.165, 1.54) is 64.2 Å². The predicted octanol–water partition coefficient (Wildman–Crippen LogP) is 6.17. The second-order valence-electron chi connectivity index (χ2n) is 4.69. The van der Waals surface area contributed by atoms with Gasteiger partial charge in [0.15, 0.2) is 0 Å². The zero-order valence-corrected chi connectivity index (χ0v) is 11.0. The molecule has 0 saturated heterocycles. The van der Waals surface area contributed by atoms with Gasteiger partial charge in [0.25, 0.3) is 0 Å². The molecule has 0 aliphatic carbocycles. The van der Waals surface area contributed by atoms with E-state index >= 15 is 0 Å². The lowest BCUT2D eigenvalue weighted by atomic mass is 10.1. The molecule has 0 rings (SSSR count). The van der Waals surface area contributed by atoms with Crippen molar-refractivity contribution in [2.24, 2.45) is 0 Å². The maximum atomic E-state index is 11.6. The molecule has 0 amide bonds. The Hall–Kier alpha value is -0.330. The summed E-state index contributed by atoms with van der Waals surface area (Å²) in [6.07, 6.45) is 18.1. The topological polar surface area (TPSA) is 0 Å². The van der Waals surface area contributed by atoms with Crippen LogP contribution in [0, 0.1) is 0 Å². The van der Waals surface area contributed by atoms with Crippen LogP contribution in [0.1, 0.15) is 84.0 Å². The van der Waals surface area contributed by atoms with E-state index in [9.17, 15) is 4.39 Å². The van der Waals surface area contributed by atoms with Crippen molar-refractivity contribution in [3.8, 4) is 0 Å². The molecule has 16 heavy (non-hydrogen) atoms. The molecule has 0 atom stereocenters. The molecule has 0 bridgehead atoms. The summed E-state index contributed by atoms with van der Waals surface area (Å²) in [7, 11) is 0. The van der Waals surface area contributed by atoms with Crippen LogP contribution in [-0.2, 0) is 0 Å². The Morgan fingerprint density at radius 3 is 1.56 bits per heavy atom. The van der Waals surface area contributed by atoms with Crippen molar-refractivity contribution in [3.05, 3.63) is 12.4 Å². The van der Waals surface area contributed by atoms with Gasteiger partial charge in [0.05, 0.1) is 6.33 Å². The van der Waals surface area contributed by atoms with Crippen LogP contribution in [0.2, 0.25) is 0 Å². The van der Waals surface area contributed by atoms with Crippen molar-refractivity contribution in [3.63, 3.8) is 0 Å². The Morgan fingerprint density at radius 2 is 1.12 bits per heavy atom. The summed E-state index contributed by atoms with van der Waals surface area (Å²) in [6.45, 7) is 2.26. The van der Waals surface area contributed by atoms with Gasteiger partial charge >= 0.3 is 0 Å². The van der Waals surface area contributed by atoms with Crippen LogP contribution in [0.5, 0.6) is 0 Å². The molecule has 0 spiro atoms. The van der Waals surface area contributed by atoms with E-state index in [2.05, 4.69) is 6.92 Å². The fraction of sp³-hybridized carbons (Fsp3) is 0.867. The number of hydrogen-bond acceptors (Lipinski definition) is 0. The zero-order valence-electron chi connectivity index (χ0n) is 11.0. The number of halogens is 1. The van der Waals surface area contributed by atoms with Gasteiger partial charge < -0.3 is 0 Å². The molecule has 0 heterocycles. The summed E-state index contributed by atoms with van der Waals surface area (Å²) in [5.74, 6) is 0. The number of allylic oxidation sites excluding steroid dienone is 1. The Labute approximate surface area is 101 Å². The molecular formula is C15H29F. The monoisotopic (exact) mass is 228 g/mol. The van der Waals surface area contributed by atoms with Gasteiger partial charge in [0, 0.05) is 0 Å². The number of rotatable bonds is 12. The van der Waals surface area contributed by atoms with Crippen LogP contribution in [0.3, 0.4) is 0 Å². The van der Waals surface area contributed by atoms with E-state index in [0.717, 1.165) is 12.8 Å². The fourth-order valence-corrected chi connectivity index (χ4v) is 1.99. The molecule has 0 aliphatic heterocycles. The highest BCUT2D eigenvalue weighted by molar-refractivity contribution is 4.71. The van der Waals surface area contributed by atoms with Crippen molar-refractivity contribution < 1.29 is 4.39 Å². The van der Waals surface area contributed by atoms with Crippen LogP contribution in [0.4, 0.5) is 4.39 Å². The molecule has 0 aromatic rings. The third-order valence-electron chi connectivity index (χ3n) is 3.06. The number of unbranched alkanes of at least 4 members (excludes halogenated alkanes) is 11. The maximum absolute atomic E-state index is 11.6. The van der Waals surface area contributed by atoms with Gasteiger partial charge in [0.1, 0.15) is 0 Å². The molecule has 0 fully saturated rings. The Morgan fingerprint density at radius 1 is 0.688 bits per heavy atom. The molecule has 0 nitrogen and oxygen atoms in total. The summed E-state index contributed by atoms with van der Waals surface area (Å²) >= 11 is 0. The molecule has 0 aliphatic rings. The van der Waals surface area contributed by atoms with Gasteiger partial charge in [-0.15, -0.1) is 0 Å². The number of hydrogen-bond donors (Lipinski definition) is 0. The van der Waals surface area contributed by atoms with E-state index in [4.69, 9.17) is 0 Å². The van der Waals surface area contributed by atoms with Crippen molar-refractivity contribution in [2.45, 2.75) is 84.0 Å². The minimum absolute atomic E-state index is 0.663. The minimum Gasteiger partial charge on any atom is -0.216 e. The molecule has 0 unspecified atom stereocenters. The van der Waals surface area contributed by atoms with Gasteiger partial charge in [0.2, 0.25) is 0 Å². The summed E-state index contributed by atoms with van der Waals surface area (Å²) in [5, 5.41) is 0. The summed E-state index contributed by atoms with van der Waals surface area (Å²) < 4.78 is 11.6. The van der Waals surface area contributed by atoms with Crippen molar-refractivity contribution in [1.82, 2.24) is 0 Å². The average Bonchev–Trinajstić information content (AvgIpc) is 2.31. The Balaban J connectivity index is 2.88. The van der Waals surface area contributed by atoms with Crippen LogP contribution in [0.25, 0.3) is 0 Å². The van der Waals surface area contributed by atoms with Crippen molar-refractivity contribution in [1.29, 1.82) is 0 Å². The lowest BCUT2D eigenvalue weighted by Gasteiger charge is -2.01. The normalized spacial score (nSPS) is 11.4. The first-order valence-corrected chi connectivity index (χ1v) is 7.17. The molecule has 0 N–H and O–H groups in total. The molecule has 0 aromatic carbocycles. The maximum Gasteiger partial charge on any atom is 0.0827 e. The van der Waals surface area contributed by atoms with Crippen molar-refractivity contribution >= 4 is 0 Å².